The molecule has 0 aliphatic rings. The third kappa shape index (κ3) is 3.68. The molecule has 102 valence electrons. The van der Waals surface area contributed by atoms with Crippen molar-refractivity contribution in [3.63, 3.8) is 0 Å². The van der Waals surface area contributed by atoms with Gasteiger partial charge in [-0.25, -0.2) is 17.7 Å². The molecule has 0 fully saturated rings. The van der Waals surface area contributed by atoms with Crippen LogP contribution in [0.3, 0.4) is 0 Å². The van der Waals surface area contributed by atoms with E-state index in [4.69, 9.17) is 0 Å². The van der Waals surface area contributed by atoms with Crippen LogP contribution in [0.25, 0.3) is 0 Å². The van der Waals surface area contributed by atoms with Crippen molar-refractivity contribution in [3.05, 3.63) is 18.3 Å². The predicted molar refractivity (Wildman–Crippen MR) is 73.1 cm³/mol. The number of anilines is 1. The van der Waals surface area contributed by atoms with Crippen molar-refractivity contribution < 1.29 is 8.42 Å². The van der Waals surface area contributed by atoms with Gasteiger partial charge in [-0.3, -0.25) is 0 Å². The minimum atomic E-state index is -3.45. The third-order valence-electron chi connectivity index (χ3n) is 2.40. The molecule has 0 aromatic carbocycles. The van der Waals surface area contributed by atoms with Gasteiger partial charge >= 0.3 is 0 Å². The van der Waals surface area contributed by atoms with Gasteiger partial charge in [-0.1, -0.05) is 20.8 Å². The first-order valence-corrected chi connectivity index (χ1v) is 7.21. The molecule has 1 heterocycles. The van der Waals surface area contributed by atoms with E-state index in [-0.39, 0.29) is 10.3 Å². The molecule has 0 amide bonds. The minimum Gasteiger partial charge on any atom is -0.373 e. The van der Waals surface area contributed by atoms with Crippen molar-refractivity contribution in [1.82, 2.24) is 9.29 Å². The van der Waals surface area contributed by atoms with Crippen molar-refractivity contribution in [2.24, 2.45) is 5.41 Å². The first-order chi connectivity index (χ1) is 8.16. The predicted octanol–water partition coefficient (Wildman–Crippen LogP) is 1.79. The fourth-order valence-corrected chi connectivity index (χ4v) is 2.96. The molecule has 1 rings (SSSR count). The number of sulfonamides is 1. The second kappa shape index (κ2) is 5.24. The lowest BCUT2D eigenvalue weighted by Gasteiger charge is -2.25. The van der Waals surface area contributed by atoms with E-state index in [2.05, 4.69) is 10.3 Å². The Morgan fingerprint density at radius 2 is 1.94 bits per heavy atom. The summed E-state index contributed by atoms with van der Waals surface area (Å²) in [4.78, 5) is 4.24. The Morgan fingerprint density at radius 1 is 1.33 bits per heavy atom. The molecule has 1 N–H and O–H groups in total. The standard InChI is InChI=1S/C12H21N3O2S/c1-12(2,3)9-15(5)18(16,17)10-6-7-11(13-4)14-8-10/h6-8H,9H2,1-5H3,(H,13,14). The van der Waals surface area contributed by atoms with Crippen LogP contribution >= 0.6 is 0 Å². The molecule has 6 heteroatoms. The van der Waals surface area contributed by atoms with Crippen LogP contribution in [0.1, 0.15) is 20.8 Å². The molecular weight excluding hydrogens is 250 g/mol. The lowest BCUT2D eigenvalue weighted by Crippen LogP contribution is -2.34. The maximum atomic E-state index is 12.3. The minimum absolute atomic E-state index is 0.0832. The maximum Gasteiger partial charge on any atom is 0.244 e. The summed E-state index contributed by atoms with van der Waals surface area (Å²) >= 11 is 0. The molecule has 0 atom stereocenters. The molecule has 1 aromatic heterocycles. The molecule has 0 bridgehead atoms. The van der Waals surface area contributed by atoms with Gasteiger partial charge < -0.3 is 5.32 Å². The van der Waals surface area contributed by atoms with Gasteiger partial charge in [0.15, 0.2) is 0 Å². The highest BCUT2D eigenvalue weighted by Crippen LogP contribution is 2.20. The van der Waals surface area contributed by atoms with Crippen LogP contribution in [0.5, 0.6) is 0 Å². The molecule has 18 heavy (non-hydrogen) atoms. The van der Waals surface area contributed by atoms with Gasteiger partial charge in [0.1, 0.15) is 10.7 Å². The second-order valence-electron chi connectivity index (χ2n) is 5.45. The molecule has 0 saturated carbocycles. The van der Waals surface area contributed by atoms with E-state index in [9.17, 15) is 8.42 Å². The van der Waals surface area contributed by atoms with Crippen LogP contribution in [0.4, 0.5) is 5.82 Å². The van der Waals surface area contributed by atoms with Crippen molar-refractivity contribution in [2.45, 2.75) is 25.7 Å². The molecule has 0 aliphatic heterocycles. The average molecular weight is 271 g/mol. The first kappa shape index (κ1) is 14.9. The van der Waals surface area contributed by atoms with Crippen LogP contribution in [0, 0.1) is 5.41 Å². The molecular formula is C12H21N3O2S. The molecule has 0 spiro atoms. The highest BCUT2D eigenvalue weighted by Gasteiger charge is 2.25. The Balaban J connectivity index is 2.98. The van der Waals surface area contributed by atoms with Crippen LogP contribution in [-0.4, -0.2) is 38.3 Å². The number of nitrogens with one attached hydrogen (secondary N) is 1. The monoisotopic (exact) mass is 271 g/mol. The summed E-state index contributed by atoms with van der Waals surface area (Å²) in [5, 5.41) is 2.85. The second-order valence-corrected chi connectivity index (χ2v) is 7.50. The molecule has 5 nitrogen and oxygen atoms in total. The van der Waals surface area contributed by atoms with Crippen LogP contribution < -0.4 is 5.32 Å². The van der Waals surface area contributed by atoms with E-state index < -0.39 is 10.0 Å². The Kier molecular flexibility index (Phi) is 4.34. The third-order valence-corrected chi connectivity index (χ3v) is 4.18. The number of nitrogens with zero attached hydrogens (tertiary/aromatic N) is 2. The summed E-state index contributed by atoms with van der Waals surface area (Å²) in [6, 6.07) is 3.21. The van der Waals surface area contributed by atoms with E-state index in [0.29, 0.717) is 12.4 Å². The van der Waals surface area contributed by atoms with Crippen LogP contribution in [0.2, 0.25) is 0 Å². The Hall–Kier alpha value is -1.14. The number of hydrogen-bond donors (Lipinski definition) is 1. The van der Waals surface area contributed by atoms with E-state index in [0.717, 1.165) is 0 Å². The summed E-state index contributed by atoms with van der Waals surface area (Å²) in [6.07, 6.45) is 1.38. The van der Waals surface area contributed by atoms with E-state index in [1.165, 1.54) is 10.5 Å². The van der Waals surface area contributed by atoms with Gasteiger partial charge in [-0.2, -0.15) is 0 Å². The topological polar surface area (TPSA) is 62.3 Å². The van der Waals surface area contributed by atoms with Crippen molar-refractivity contribution in [1.29, 1.82) is 0 Å². The lowest BCUT2D eigenvalue weighted by molar-refractivity contribution is 0.310. The smallest absolute Gasteiger partial charge is 0.244 e. The number of pyridine rings is 1. The first-order valence-electron chi connectivity index (χ1n) is 5.77. The van der Waals surface area contributed by atoms with Crippen LogP contribution in [-0.2, 0) is 10.0 Å². The molecule has 0 radical (unpaired) electrons. The average Bonchev–Trinajstić information content (AvgIpc) is 2.27. The molecule has 0 aliphatic carbocycles. The van der Waals surface area contributed by atoms with E-state index in [1.54, 1.807) is 26.2 Å². The zero-order valence-corrected chi connectivity index (χ0v) is 12.4. The van der Waals surface area contributed by atoms with Crippen molar-refractivity contribution in [3.8, 4) is 0 Å². The quantitative estimate of drug-likeness (QED) is 0.907. The van der Waals surface area contributed by atoms with Gasteiger partial charge in [0.25, 0.3) is 0 Å². The van der Waals surface area contributed by atoms with E-state index >= 15 is 0 Å². The summed E-state index contributed by atoms with van der Waals surface area (Å²) in [6.45, 7) is 6.47. The number of rotatable bonds is 4. The SMILES string of the molecule is CNc1ccc(S(=O)(=O)N(C)CC(C)(C)C)cn1. The summed E-state index contributed by atoms with van der Waals surface area (Å²) in [5.74, 6) is 0.646. The molecule has 1 aromatic rings. The van der Waals surface area contributed by atoms with Gasteiger partial charge in [0, 0.05) is 26.8 Å². The fourth-order valence-electron chi connectivity index (χ4n) is 1.61. The highest BCUT2D eigenvalue weighted by atomic mass is 32.2. The largest absolute Gasteiger partial charge is 0.373 e. The van der Waals surface area contributed by atoms with Gasteiger partial charge in [0.2, 0.25) is 10.0 Å². The van der Waals surface area contributed by atoms with Gasteiger partial charge in [0.05, 0.1) is 0 Å². The fraction of sp³-hybridized carbons (Fsp3) is 0.583. The maximum absolute atomic E-state index is 12.3. The highest BCUT2D eigenvalue weighted by molar-refractivity contribution is 7.89. The van der Waals surface area contributed by atoms with Gasteiger partial charge in [-0.05, 0) is 17.5 Å². The number of hydrogen-bond acceptors (Lipinski definition) is 4. The van der Waals surface area contributed by atoms with Gasteiger partial charge in [-0.15, -0.1) is 0 Å². The Morgan fingerprint density at radius 3 is 2.33 bits per heavy atom. The lowest BCUT2D eigenvalue weighted by atomic mass is 9.97. The normalized spacial score (nSPS) is 12.8. The molecule has 0 saturated heterocycles. The summed E-state index contributed by atoms with van der Waals surface area (Å²) in [5.41, 5.74) is -0.0832. The zero-order chi connectivity index (χ0) is 14.0. The zero-order valence-electron chi connectivity index (χ0n) is 11.6. The number of aromatic nitrogens is 1. The Bertz CT molecular complexity index is 489. The Labute approximate surface area is 109 Å². The summed E-state index contributed by atoms with van der Waals surface area (Å²) < 4.78 is 25.9. The van der Waals surface area contributed by atoms with E-state index in [1.807, 2.05) is 20.8 Å². The van der Waals surface area contributed by atoms with Crippen molar-refractivity contribution >= 4 is 15.8 Å². The van der Waals surface area contributed by atoms with Crippen molar-refractivity contribution in [2.75, 3.05) is 26.0 Å². The summed E-state index contributed by atoms with van der Waals surface area (Å²) in [7, 11) is -0.126. The molecule has 0 unspecified atom stereocenters. The van der Waals surface area contributed by atoms with Crippen LogP contribution in [0.15, 0.2) is 23.2 Å².